The molecule has 0 saturated heterocycles. The van der Waals surface area contributed by atoms with Gasteiger partial charge in [-0.15, -0.1) is 0 Å². The van der Waals surface area contributed by atoms with Crippen molar-refractivity contribution in [3.8, 4) is 0 Å². The van der Waals surface area contributed by atoms with E-state index in [4.69, 9.17) is 11.6 Å². The highest BCUT2D eigenvalue weighted by molar-refractivity contribution is 6.30. The van der Waals surface area contributed by atoms with Crippen molar-refractivity contribution in [1.82, 2.24) is 15.2 Å². The zero-order chi connectivity index (χ0) is 26.9. The Morgan fingerprint density at radius 3 is 2.65 bits per heavy atom. The molecular formula is C27H30ClF3N4O2. The summed E-state index contributed by atoms with van der Waals surface area (Å²) >= 11 is 6.24. The number of halogens is 4. The molecule has 1 aromatic heterocycles. The van der Waals surface area contributed by atoms with Gasteiger partial charge in [0.2, 0.25) is 11.8 Å². The van der Waals surface area contributed by atoms with Crippen LogP contribution < -0.4 is 10.2 Å². The van der Waals surface area contributed by atoms with Crippen molar-refractivity contribution < 1.29 is 22.8 Å². The first-order valence-electron chi connectivity index (χ1n) is 12.1. The normalized spacial score (nSPS) is 17.5. The third-order valence-corrected chi connectivity index (χ3v) is 6.96. The number of H-pyrrole nitrogens is 1. The zero-order valence-corrected chi connectivity index (χ0v) is 21.7. The van der Waals surface area contributed by atoms with Crippen LogP contribution in [-0.4, -0.2) is 61.1 Å². The van der Waals surface area contributed by atoms with E-state index in [1.165, 1.54) is 0 Å². The fourth-order valence-electron chi connectivity index (χ4n) is 5.19. The summed E-state index contributed by atoms with van der Waals surface area (Å²) in [5.41, 5.74) is 3.12. The molecule has 198 valence electrons. The van der Waals surface area contributed by atoms with Crippen LogP contribution in [-0.2, 0) is 16.0 Å². The molecular weight excluding hydrogens is 505 g/mol. The number of amides is 2. The summed E-state index contributed by atoms with van der Waals surface area (Å²) in [6.45, 7) is 2.83. The van der Waals surface area contributed by atoms with Crippen LogP contribution in [0.25, 0.3) is 10.9 Å². The third-order valence-electron chi connectivity index (χ3n) is 6.73. The van der Waals surface area contributed by atoms with E-state index in [1.54, 1.807) is 30.2 Å². The van der Waals surface area contributed by atoms with Crippen molar-refractivity contribution in [2.75, 3.05) is 32.1 Å². The van der Waals surface area contributed by atoms with E-state index in [1.807, 2.05) is 49.3 Å². The molecule has 2 heterocycles. The smallest absolute Gasteiger partial charge is 0.361 e. The van der Waals surface area contributed by atoms with Gasteiger partial charge in [0.1, 0.15) is 12.5 Å². The van der Waals surface area contributed by atoms with Gasteiger partial charge < -0.3 is 20.1 Å². The number of benzene rings is 2. The molecule has 6 nitrogen and oxygen atoms in total. The summed E-state index contributed by atoms with van der Waals surface area (Å²) in [6, 6.07) is 11.5. The number of rotatable bonds is 7. The first-order valence-corrected chi connectivity index (χ1v) is 12.5. The Bertz CT molecular complexity index is 1290. The van der Waals surface area contributed by atoms with Crippen LogP contribution in [0.2, 0.25) is 5.02 Å². The monoisotopic (exact) mass is 534 g/mol. The molecule has 2 amide bonds. The molecule has 3 aromatic rings. The van der Waals surface area contributed by atoms with Crippen molar-refractivity contribution in [2.45, 2.75) is 37.9 Å². The quantitative estimate of drug-likeness (QED) is 0.441. The van der Waals surface area contributed by atoms with Gasteiger partial charge in [0.05, 0.1) is 0 Å². The van der Waals surface area contributed by atoms with E-state index < -0.39 is 36.4 Å². The molecule has 0 radical (unpaired) electrons. The predicted octanol–water partition coefficient (Wildman–Crippen LogP) is 5.13. The second-order valence-electron chi connectivity index (χ2n) is 9.97. The molecule has 10 heteroatoms. The number of nitrogens with zero attached hydrogens (tertiary/aromatic N) is 2. The maximum Gasteiger partial charge on any atom is 0.397 e. The number of aromatic amines is 1. The lowest BCUT2D eigenvalue weighted by atomic mass is 9.88. The van der Waals surface area contributed by atoms with Crippen molar-refractivity contribution >= 4 is 40.0 Å². The summed E-state index contributed by atoms with van der Waals surface area (Å²) in [5, 5.41) is 3.80. The molecule has 0 aliphatic carbocycles. The summed E-state index contributed by atoms with van der Waals surface area (Å²) in [6.07, 6.45) is -3.90. The highest BCUT2D eigenvalue weighted by atomic mass is 35.5. The van der Waals surface area contributed by atoms with E-state index in [0.717, 1.165) is 22.0 Å². The van der Waals surface area contributed by atoms with Crippen LogP contribution >= 0.6 is 11.6 Å². The minimum absolute atomic E-state index is 0.0832. The van der Waals surface area contributed by atoms with Crippen molar-refractivity contribution in [1.29, 1.82) is 0 Å². The maximum atomic E-state index is 14.1. The van der Waals surface area contributed by atoms with Crippen molar-refractivity contribution in [2.24, 2.45) is 5.92 Å². The molecule has 0 fully saturated rings. The average Bonchev–Trinajstić information content (AvgIpc) is 3.23. The molecule has 0 spiro atoms. The summed E-state index contributed by atoms with van der Waals surface area (Å²) in [4.78, 5) is 33.3. The number of carbonyl (C=O) groups is 2. The number of anilines is 1. The second-order valence-corrected chi connectivity index (χ2v) is 10.4. The summed E-state index contributed by atoms with van der Waals surface area (Å²) in [7, 11) is 3.89. The summed E-state index contributed by atoms with van der Waals surface area (Å²) < 4.78 is 39.1. The number of hydrogen-bond acceptors (Lipinski definition) is 3. The zero-order valence-electron chi connectivity index (χ0n) is 20.9. The Morgan fingerprint density at radius 1 is 1.22 bits per heavy atom. The number of aromatic nitrogens is 1. The standard InChI is InChI=1S/C27H30ClF3N4O2/c1-16(21-13-32-22-7-5-4-6-20(21)22)25(33-24(36)12-27(29,30)31)26(37)35-15-17(14-34(2)3)10-18-11-19(28)8-9-23(18)35/h4-9,11,13,16-17,25,32H,10,12,14-15H2,1-3H3,(H,33,36)/t16?,17-,25?/m1/s1. The van der Waals surface area contributed by atoms with Gasteiger partial charge in [0, 0.05) is 46.8 Å². The van der Waals surface area contributed by atoms with Gasteiger partial charge in [-0.05, 0) is 61.8 Å². The Labute approximate surface area is 218 Å². The molecule has 1 aliphatic rings. The minimum Gasteiger partial charge on any atom is -0.361 e. The molecule has 37 heavy (non-hydrogen) atoms. The van der Waals surface area contributed by atoms with E-state index in [-0.39, 0.29) is 5.92 Å². The number of nitrogens with one attached hydrogen (secondary N) is 2. The van der Waals surface area contributed by atoms with Gasteiger partial charge >= 0.3 is 6.18 Å². The summed E-state index contributed by atoms with van der Waals surface area (Å²) in [5.74, 6) is -2.22. The minimum atomic E-state index is -4.69. The number of carbonyl (C=O) groups excluding carboxylic acids is 2. The first kappa shape index (κ1) is 27.0. The fraction of sp³-hybridized carbons (Fsp3) is 0.407. The topological polar surface area (TPSA) is 68.4 Å². The Morgan fingerprint density at radius 2 is 1.95 bits per heavy atom. The molecule has 4 rings (SSSR count). The Kier molecular flexibility index (Phi) is 7.85. The van der Waals surface area contributed by atoms with Gasteiger partial charge in [-0.3, -0.25) is 9.59 Å². The molecule has 0 bridgehead atoms. The van der Waals surface area contributed by atoms with Crippen LogP contribution in [0.15, 0.2) is 48.7 Å². The van der Waals surface area contributed by atoms with Gasteiger partial charge in [0.25, 0.3) is 0 Å². The van der Waals surface area contributed by atoms with Crippen LogP contribution in [0, 0.1) is 5.92 Å². The van der Waals surface area contributed by atoms with E-state index >= 15 is 0 Å². The predicted molar refractivity (Wildman–Crippen MR) is 139 cm³/mol. The molecule has 2 N–H and O–H groups in total. The number of para-hydroxylation sites is 1. The SMILES string of the molecule is CC(c1c[nH]c2ccccc12)C(NC(=O)CC(F)(F)F)C(=O)N1C[C@@H](CN(C)C)Cc2cc(Cl)ccc21. The second kappa shape index (κ2) is 10.8. The van der Waals surface area contributed by atoms with Crippen molar-refractivity contribution in [3.63, 3.8) is 0 Å². The first-order chi connectivity index (χ1) is 17.4. The van der Waals surface area contributed by atoms with Crippen molar-refractivity contribution in [3.05, 3.63) is 64.8 Å². The molecule has 2 aromatic carbocycles. The number of alkyl halides is 3. The van der Waals surface area contributed by atoms with E-state index in [2.05, 4.69) is 10.3 Å². The fourth-order valence-corrected chi connectivity index (χ4v) is 5.38. The lowest BCUT2D eigenvalue weighted by molar-refractivity contribution is -0.155. The molecule has 0 saturated carbocycles. The highest BCUT2D eigenvalue weighted by Crippen LogP contribution is 2.35. The van der Waals surface area contributed by atoms with Crippen LogP contribution in [0.1, 0.15) is 30.4 Å². The van der Waals surface area contributed by atoms with Gasteiger partial charge in [-0.2, -0.15) is 13.2 Å². The van der Waals surface area contributed by atoms with Crippen LogP contribution in [0.4, 0.5) is 18.9 Å². The number of fused-ring (bicyclic) bond motifs is 2. The van der Waals surface area contributed by atoms with E-state index in [0.29, 0.717) is 30.2 Å². The Hall–Kier alpha value is -3.04. The number of hydrogen-bond donors (Lipinski definition) is 2. The van der Waals surface area contributed by atoms with Crippen LogP contribution in [0.3, 0.4) is 0 Å². The molecule has 2 unspecified atom stereocenters. The van der Waals surface area contributed by atoms with Crippen LogP contribution in [0.5, 0.6) is 0 Å². The molecule has 3 atom stereocenters. The van der Waals surface area contributed by atoms with Gasteiger partial charge in [0.15, 0.2) is 0 Å². The molecule has 1 aliphatic heterocycles. The highest BCUT2D eigenvalue weighted by Gasteiger charge is 2.39. The van der Waals surface area contributed by atoms with Gasteiger partial charge in [-0.1, -0.05) is 36.7 Å². The lowest BCUT2D eigenvalue weighted by Gasteiger charge is -2.38. The van der Waals surface area contributed by atoms with E-state index in [9.17, 15) is 22.8 Å². The Balaban J connectivity index is 1.73. The maximum absolute atomic E-state index is 14.1. The average molecular weight is 535 g/mol. The third kappa shape index (κ3) is 6.27. The lowest BCUT2D eigenvalue weighted by Crippen LogP contribution is -2.54. The largest absolute Gasteiger partial charge is 0.397 e. The van der Waals surface area contributed by atoms with Gasteiger partial charge in [-0.25, -0.2) is 0 Å².